The molecule has 0 amide bonds. The molecule has 1 heterocycles. The first-order chi connectivity index (χ1) is 6.15. The van der Waals surface area contributed by atoms with Gasteiger partial charge in [0, 0.05) is 12.2 Å². The number of hydrogen-bond acceptors (Lipinski definition) is 4. The zero-order valence-corrected chi connectivity index (χ0v) is 7.18. The van der Waals surface area contributed by atoms with Gasteiger partial charge in [-0.15, -0.1) is 0 Å². The summed E-state index contributed by atoms with van der Waals surface area (Å²) in [6, 6.07) is 0. The van der Waals surface area contributed by atoms with Crippen molar-refractivity contribution in [2.24, 2.45) is 0 Å². The van der Waals surface area contributed by atoms with Crippen LogP contribution in [0.4, 0.5) is 5.69 Å². The number of H-pyrrole nitrogens is 2. The third kappa shape index (κ3) is 2.19. The highest BCUT2D eigenvalue weighted by atomic mass is 16.3. The van der Waals surface area contributed by atoms with E-state index in [1.54, 1.807) is 6.92 Å². The maximum atomic E-state index is 11.1. The molecule has 0 radical (unpaired) electrons. The molecule has 0 unspecified atom stereocenters. The number of aromatic amines is 2. The third-order valence-corrected chi connectivity index (χ3v) is 1.54. The van der Waals surface area contributed by atoms with Gasteiger partial charge in [0.25, 0.3) is 5.56 Å². The SMILES string of the molecule is Cc1[nH]c(=O)[nH]c(=O)c1NCCO. The molecule has 0 aliphatic heterocycles. The smallest absolute Gasteiger partial charge is 0.326 e. The number of rotatable bonds is 3. The number of aryl methyl sites for hydroxylation is 1. The van der Waals surface area contributed by atoms with Crippen molar-refractivity contribution < 1.29 is 5.11 Å². The molecule has 0 aliphatic rings. The normalized spacial score (nSPS) is 10.0. The van der Waals surface area contributed by atoms with Crippen LogP contribution in [-0.4, -0.2) is 28.2 Å². The second-order valence-corrected chi connectivity index (χ2v) is 2.56. The van der Waals surface area contributed by atoms with Gasteiger partial charge in [-0.1, -0.05) is 0 Å². The number of aliphatic hydroxyl groups is 1. The van der Waals surface area contributed by atoms with Gasteiger partial charge in [0.15, 0.2) is 0 Å². The van der Waals surface area contributed by atoms with Crippen molar-refractivity contribution in [2.45, 2.75) is 6.92 Å². The van der Waals surface area contributed by atoms with E-state index in [9.17, 15) is 9.59 Å². The Morgan fingerprint density at radius 2 is 2.08 bits per heavy atom. The number of aromatic nitrogens is 2. The predicted octanol–water partition coefficient (Wildman–Crippen LogP) is -1.22. The summed E-state index contributed by atoms with van der Waals surface area (Å²) in [5.74, 6) is 0. The molecule has 1 aromatic heterocycles. The number of anilines is 1. The number of nitrogens with one attached hydrogen (secondary N) is 3. The summed E-state index contributed by atoms with van der Waals surface area (Å²) in [6.07, 6.45) is 0. The first-order valence-electron chi connectivity index (χ1n) is 3.83. The third-order valence-electron chi connectivity index (χ3n) is 1.54. The van der Waals surface area contributed by atoms with Gasteiger partial charge >= 0.3 is 5.69 Å². The molecule has 0 saturated heterocycles. The van der Waals surface area contributed by atoms with Crippen LogP contribution in [0.3, 0.4) is 0 Å². The van der Waals surface area contributed by atoms with Gasteiger partial charge < -0.3 is 15.4 Å². The second kappa shape index (κ2) is 3.90. The lowest BCUT2D eigenvalue weighted by Crippen LogP contribution is -2.27. The fourth-order valence-electron chi connectivity index (χ4n) is 0.994. The van der Waals surface area contributed by atoms with Crippen molar-refractivity contribution >= 4 is 5.69 Å². The number of aliphatic hydroxyl groups excluding tert-OH is 1. The van der Waals surface area contributed by atoms with Crippen molar-refractivity contribution in [2.75, 3.05) is 18.5 Å². The molecular weight excluding hydrogens is 174 g/mol. The summed E-state index contributed by atoms with van der Waals surface area (Å²) in [6.45, 7) is 1.81. The average Bonchev–Trinajstić information content (AvgIpc) is 2.02. The minimum Gasteiger partial charge on any atom is -0.395 e. The molecular formula is C7H11N3O3. The van der Waals surface area contributed by atoms with E-state index >= 15 is 0 Å². The van der Waals surface area contributed by atoms with Gasteiger partial charge in [-0.2, -0.15) is 0 Å². The highest BCUT2D eigenvalue weighted by Gasteiger charge is 2.03. The Balaban J connectivity index is 3.07. The van der Waals surface area contributed by atoms with Gasteiger partial charge in [0.05, 0.1) is 6.61 Å². The molecule has 6 nitrogen and oxygen atoms in total. The number of hydrogen-bond donors (Lipinski definition) is 4. The van der Waals surface area contributed by atoms with Crippen molar-refractivity contribution in [1.82, 2.24) is 9.97 Å². The molecule has 4 N–H and O–H groups in total. The summed E-state index contributed by atoms with van der Waals surface area (Å²) in [7, 11) is 0. The quantitative estimate of drug-likeness (QED) is 0.474. The summed E-state index contributed by atoms with van der Waals surface area (Å²) in [5, 5.41) is 11.2. The van der Waals surface area contributed by atoms with Gasteiger partial charge in [0.1, 0.15) is 5.69 Å². The Hall–Kier alpha value is -1.56. The van der Waals surface area contributed by atoms with Crippen molar-refractivity contribution in [3.63, 3.8) is 0 Å². The molecule has 1 aromatic rings. The molecule has 0 bridgehead atoms. The molecule has 0 fully saturated rings. The molecule has 0 aliphatic carbocycles. The van der Waals surface area contributed by atoms with E-state index in [0.29, 0.717) is 5.69 Å². The Bertz CT molecular complexity index is 393. The lowest BCUT2D eigenvalue weighted by atomic mass is 10.3. The van der Waals surface area contributed by atoms with E-state index in [1.165, 1.54) is 0 Å². The molecule has 0 atom stereocenters. The van der Waals surface area contributed by atoms with E-state index in [2.05, 4.69) is 15.3 Å². The Morgan fingerprint density at radius 1 is 1.38 bits per heavy atom. The van der Waals surface area contributed by atoms with Crippen LogP contribution < -0.4 is 16.6 Å². The minimum absolute atomic E-state index is 0.0714. The van der Waals surface area contributed by atoms with Crippen LogP contribution >= 0.6 is 0 Å². The minimum atomic E-state index is -0.531. The van der Waals surface area contributed by atoms with Gasteiger partial charge in [0.2, 0.25) is 0 Å². The average molecular weight is 185 g/mol. The fraction of sp³-hybridized carbons (Fsp3) is 0.429. The lowest BCUT2D eigenvalue weighted by Gasteiger charge is -2.04. The summed E-state index contributed by atoms with van der Waals surface area (Å²) < 4.78 is 0. The largest absolute Gasteiger partial charge is 0.395 e. The van der Waals surface area contributed by atoms with Crippen LogP contribution in [-0.2, 0) is 0 Å². The lowest BCUT2D eigenvalue weighted by molar-refractivity contribution is 0.311. The predicted molar refractivity (Wildman–Crippen MR) is 48.0 cm³/mol. The van der Waals surface area contributed by atoms with E-state index in [-0.39, 0.29) is 18.8 Å². The van der Waals surface area contributed by atoms with Gasteiger partial charge in [-0.05, 0) is 6.92 Å². The van der Waals surface area contributed by atoms with Gasteiger partial charge in [-0.3, -0.25) is 9.78 Å². The molecule has 72 valence electrons. The summed E-state index contributed by atoms with van der Waals surface area (Å²) in [4.78, 5) is 26.4. The summed E-state index contributed by atoms with van der Waals surface area (Å²) >= 11 is 0. The van der Waals surface area contributed by atoms with E-state index < -0.39 is 11.2 Å². The van der Waals surface area contributed by atoms with E-state index in [0.717, 1.165) is 0 Å². The van der Waals surface area contributed by atoms with E-state index in [1.807, 2.05) is 0 Å². The maximum absolute atomic E-state index is 11.1. The van der Waals surface area contributed by atoms with Crippen LogP contribution in [0.25, 0.3) is 0 Å². The standard InChI is InChI=1S/C7H11N3O3/c1-4-5(8-2-3-11)6(12)10-7(13)9-4/h8,11H,2-3H2,1H3,(H2,9,10,12,13). The monoisotopic (exact) mass is 185 g/mol. The van der Waals surface area contributed by atoms with Crippen molar-refractivity contribution in [3.8, 4) is 0 Å². The first kappa shape index (κ1) is 9.53. The first-order valence-corrected chi connectivity index (χ1v) is 3.83. The second-order valence-electron chi connectivity index (χ2n) is 2.56. The van der Waals surface area contributed by atoms with Crippen LogP contribution in [0.1, 0.15) is 5.69 Å². The Labute approximate surface area is 73.6 Å². The molecule has 13 heavy (non-hydrogen) atoms. The molecule has 0 aromatic carbocycles. The maximum Gasteiger partial charge on any atom is 0.326 e. The molecule has 6 heteroatoms. The van der Waals surface area contributed by atoms with Crippen LogP contribution in [0.15, 0.2) is 9.59 Å². The highest BCUT2D eigenvalue weighted by molar-refractivity contribution is 5.44. The Morgan fingerprint density at radius 3 is 2.62 bits per heavy atom. The van der Waals surface area contributed by atoms with Gasteiger partial charge in [-0.25, -0.2) is 4.79 Å². The zero-order chi connectivity index (χ0) is 9.84. The topological polar surface area (TPSA) is 98.0 Å². The molecule has 0 saturated carbocycles. The van der Waals surface area contributed by atoms with E-state index in [4.69, 9.17) is 5.11 Å². The zero-order valence-electron chi connectivity index (χ0n) is 7.18. The highest BCUT2D eigenvalue weighted by Crippen LogP contribution is 1.99. The Kier molecular flexibility index (Phi) is 2.86. The van der Waals surface area contributed by atoms with Crippen LogP contribution in [0.2, 0.25) is 0 Å². The molecule has 1 rings (SSSR count). The fourth-order valence-corrected chi connectivity index (χ4v) is 0.994. The van der Waals surface area contributed by atoms with Crippen LogP contribution in [0, 0.1) is 6.92 Å². The van der Waals surface area contributed by atoms with Crippen LogP contribution in [0.5, 0.6) is 0 Å². The summed E-state index contributed by atoms with van der Waals surface area (Å²) in [5.41, 5.74) is -0.261. The molecule has 0 spiro atoms. The van der Waals surface area contributed by atoms with Crippen molar-refractivity contribution in [3.05, 3.63) is 26.5 Å². The van der Waals surface area contributed by atoms with Crippen molar-refractivity contribution in [1.29, 1.82) is 0 Å².